The molecule has 1 aliphatic rings. The van der Waals surface area contributed by atoms with Crippen LogP contribution in [0.5, 0.6) is 0 Å². The molecular weight excluding hydrogens is 387 g/mol. The molecule has 1 fully saturated rings. The lowest BCUT2D eigenvalue weighted by Crippen LogP contribution is -2.53. The molecule has 1 aliphatic heterocycles. The molecule has 1 atom stereocenters. The number of rotatable bonds is 7. The number of hydrogen-bond acceptors (Lipinski definition) is 8. The van der Waals surface area contributed by atoms with E-state index in [4.69, 9.17) is 5.73 Å². The second kappa shape index (κ2) is 8.27. The van der Waals surface area contributed by atoms with E-state index in [9.17, 15) is 9.18 Å². The Morgan fingerprint density at radius 1 is 1.20 bits per heavy atom. The summed E-state index contributed by atoms with van der Waals surface area (Å²) in [6.45, 7) is 2.94. The summed E-state index contributed by atoms with van der Waals surface area (Å²) in [5, 5.41) is 6.35. The summed E-state index contributed by atoms with van der Waals surface area (Å²) in [7, 11) is 0. The van der Waals surface area contributed by atoms with Crippen LogP contribution in [0.4, 0.5) is 27.8 Å². The van der Waals surface area contributed by atoms with Gasteiger partial charge in [-0.25, -0.2) is 9.37 Å². The smallest absolute Gasteiger partial charge is 0.227 e. The zero-order chi connectivity index (χ0) is 21.1. The first kappa shape index (κ1) is 19.5. The quantitative estimate of drug-likeness (QED) is 0.544. The summed E-state index contributed by atoms with van der Waals surface area (Å²) < 4.78 is 13.2. The lowest BCUT2D eigenvalue weighted by Gasteiger charge is -2.38. The first-order valence-corrected chi connectivity index (χ1v) is 9.46. The van der Waals surface area contributed by atoms with Gasteiger partial charge in [0, 0.05) is 31.5 Å². The van der Waals surface area contributed by atoms with Crippen molar-refractivity contribution in [3.63, 3.8) is 0 Å². The van der Waals surface area contributed by atoms with Crippen molar-refractivity contribution in [2.45, 2.75) is 13.0 Å². The number of nitrogens with two attached hydrogens (primary N) is 1. The van der Waals surface area contributed by atoms with Crippen LogP contribution in [-0.2, 0) is 4.79 Å². The number of carbonyl (C=O) groups is 1. The lowest BCUT2D eigenvalue weighted by molar-refractivity contribution is -0.122. The molecule has 0 unspecified atom stereocenters. The molecule has 0 bridgehead atoms. The molecule has 4 N–H and O–H groups in total. The third-order valence-corrected chi connectivity index (χ3v) is 4.86. The molecule has 1 saturated heterocycles. The van der Waals surface area contributed by atoms with Gasteiger partial charge in [-0.15, -0.1) is 0 Å². The Labute approximate surface area is 172 Å². The highest BCUT2D eigenvalue weighted by Crippen LogP contribution is 2.28. The Morgan fingerprint density at radius 2 is 1.97 bits per heavy atom. The van der Waals surface area contributed by atoms with Crippen LogP contribution in [0.1, 0.15) is 18.5 Å². The summed E-state index contributed by atoms with van der Waals surface area (Å²) in [5.74, 6) is 1.31. The predicted octanol–water partition coefficient (Wildman–Crippen LogP) is 2.24. The van der Waals surface area contributed by atoms with Gasteiger partial charge in [0.15, 0.2) is 0 Å². The van der Waals surface area contributed by atoms with Gasteiger partial charge in [0.2, 0.25) is 11.9 Å². The average Bonchev–Trinajstić information content (AvgIpc) is 2.67. The fourth-order valence-corrected chi connectivity index (χ4v) is 3.09. The molecule has 1 aromatic carbocycles. The summed E-state index contributed by atoms with van der Waals surface area (Å²) in [6.07, 6.45) is 4.74. The Balaban J connectivity index is 1.58. The van der Waals surface area contributed by atoms with E-state index >= 15 is 0 Å². The van der Waals surface area contributed by atoms with E-state index in [-0.39, 0.29) is 23.7 Å². The summed E-state index contributed by atoms with van der Waals surface area (Å²) in [6, 6.07) is 7.87. The third kappa shape index (κ3) is 4.43. The van der Waals surface area contributed by atoms with Crippen molar-refractivity contribution in [1.82, 2.24) is 19.9 Å². The van der Waals surface area contributed by atoms with E-state index in [0.29, 0.717) is 36.5 Å². The Kier molecular flexibility index (Phi) is 5.38. The molecule has 2 aromatic heterocycles. The first-order chi connectivity index (χ1) is 14.5. The van der Waals surface area contributed by atoms with Gasteiger partial charge >= 0.3 is 0 Å². The molecule has 3 heterocycles. The number of benzene rings is 1. The third-order valence-electron chi connectivity index (χ3n) is 4.86. The Morgan fingerprint density at radius 3 is 2.63 bits per heavy atom. The zero-order valence-corrected chi connectivity index (χ0v) is 16.3. The molecule has 1 amide bonds. The summed E-state index contributed by atoms with van der Waals surface area (Å²) in [5.41, 5.74) is 6.27. The minimum Gasteiger partial charge on any atom is -0.369 e. The van der Waals surface area contributed by atoms with Crippen molar-refractivity contribution >= 4 is 29.3 Å². The van der Waals surface area contributed by atoms with Crippen LogP contribution in [-0.4, -0.2) is 38.9 Å². The summed E-state index contributed by atoms with van der Waals surface area (Å²) in [4.78, 5) is 30.6. The molecule has 30 heavy (non-hydrogen) atoms. The van der Waals surface area contributed by atoms with Gasteiger partial charge < -0.3 is 21.3 Å². The van der Waals surface area contributed by atoms with Crippen LogP contribution in [0.3, 0.4) is 0 Å². The number of hydrogen-bond donors (Lipinski definition) is 3. The van der Waals surface area contributed by atoms with Gasteiger partial charge in [-0.1, -0.05) is 12.1 Å². The number of primary amides is 1. The normalized spacial score (nSPS) is 14.7. The Hall–Kier alpha value is -3.82. The van der Waals surface area contributed by atoms with Crippen LogP contribution in [0.15, 0.2) is 48.9 Å². The van der Waals surface area contributed by atoms with Crippen molar-refractivity contribution in [3.8, 4) is 0 Å². The molecule has 0 saturated carbocycles. The standard InChI is InChI=1S/C20H21FN8O/c1-12(13-2-4-15(21)5-3-13)25-20-27-16(26-17-9-23-6-7-24-17)8-18(28-20)29-10-14(11-29)19(22)30/h2-9,12,14H,10-11H2,1H3,(H2,22,30)(H2,24,25,26,27,28)/t12-/m0/s1. The van der Waals surface area contributed by atoms with E-state index in [0.717, 1.165) is 5.56 Å². The Bertz CT molecular complexity index is 1020. The molecule has 0 radical (unpaired) electrons. The molecule has 4 rings (SSSR count). The number of aromatic nitrogens is 4. The minimum atomic E-state index is -0.318. The SMILES string of the molecule is C[C@H](Nc1nc(Nc2cnccn2)cc(N2CC(C(N)=O)C2)n1)c1ccc(F)cc1. The van der Waals surface area contributed by atoms with E-state index in [1.54, 1.807) is 36.8 Å². The fourth-order valence-electron chi connectivity index (χ4n) is 3.09. The zero-order valence-electron chi connectivity index (χ0n) is 16.3. The van der Waals surface area contributed by atoms with E-state index < -0.39 is 0 Å². The maximum absolute atomic E-state index is 13.2. The lowest BCUT2D eigenvalue weighted by atomic mass is 10.00. The van der Waals surface area contributed by atoms with Crippen molar-refractivity contribution in [2.75, 3.05) is 28.6 Å². The topological polar surface area (TPSA) is 122 Å². The fraction of sp³-hybridized carbons (Fsp3) is 0.250. The van der Waals surface area contributed by atoms with Crippen LogP contribution >= 0.6 is 0 Å². The summed E-state index contributed by atoms with van der Waals surface area (Å²) >= 11 is 0. The monoisotopic (exact) mass is 408 g/mol. The number of carbonyl (C=O) groups excluding carboxylic acids is 1. The van der Waals surface area contributed by atoms with Crippen molar-refractivity contribution in [1.29, 1.82) is 0 Å². The highest BCUT2D eigenvalue weighted by molar-refractivity contribution is 5.80. The minimum absolute atomic E-state index is 0.153. The van der Waals surface area contributed by atoms with E-state index in [2.05, 4.69) is 30.6 Å². The van der Waals surface area contributed by atoms with Crippen molar-refractivity contribution in [2.24, 2.45) is 11.7 Å². The molecule has 0 aliphatic carbocycles. The maximum atomic E-state index is 13.2. The van der Waals surface area contributed by atoms with Crippen LogP contribution in [0.2, 0.25) is 0 Å². The van der Waals surface area contributed by atoms with Crippen LogP contribution in [0, 0.1) is 11.7 Å². The van der Waals surface area contributed by atoms with Gasteiger partial charge in [0.1, 0.15) is 23.3 Å². The number of nitrogens with one attached hydrogen (secondary N) is 2. The highest BCUT2D eigenvalue weighted by Gasteiger charge is 2.32. The largest absolute Gasteiger partial charge is 0.369 e. The van der Waals surface area contributed by atoms with Gasteiger partial charge in [0.25, 0.3) is 0 Å². The van der Waals surface area contributed by atoms with Gasteiger partial charge in [-0.2, -0.15) is 9.97 Å². The maximum Gasteiger partial charge on any atom is 0.227 e. The van der Waals surface area contributed by atoms with Gasteiger partial charge in [-0.3, -0.25) is 9.78 Å². The second-order valence-electron chi connectivity index (χ2n) is 7.07. The van der Waals surface area contributed by atoms with E-state index in [1.165, 1.54) is 12.1 Å². The van der Waals surface area contributed by atoms with Gasteiger partial charge in [0.05, 0.1) is 18.2 Å². The first-order valence-electron chi connectivity index (χ1n) is 9.46. The molecule has 9 nitrogen and oxygen atoms in total. The molecule has 0 spiro atoms. The number of nitrogens with zero attached hydrogens (tertiary/aromatic N) is 5. The molecule has 154 valence electrons. The van der Waals surface area contributed by atoms with E-state index in [1.807, 2.05) is 11.8 Å². The highest BCUT2D eigenvalue weighted by atomic mass is 19.1. The number of anilines is 4. The van der Waals surface area contributed by atoms with Crippen molar-refractivity contribution < 1.29 is 9.18 Å². The second-order valence-corrected chi connectivity index (χ2v) is 7.07. The predicted molar refractivity (Wildman–Crippen MR) is 111 cm³/mol. The molecular formula is C20H21FN8O. The number of amides is 1. The molecule has 10 heteroatoms. The van der Waals surface area contributed by atoms with Crippen molar-refractivity contribution in [3.05, 3.63) is 60.3 Å². The number of halogens is 1. The molecule has 3 aromatic rings. The van der Waals surface area contributed by atoms with Crippen LogP contribution < -0.4 is 21.3 Å². The average molecular weight is 408 g/mol. The van der Waals surface area contributed by atoms with Gasteiger partial charge in [-0.05, 0) is 24.6 Å². The van der Waals surface area contributed by atoms with Crippen LogP contribution in [0.25, 0.3) is 0 Å².